The van der Waals surface area contributed by atoms with E-state index in [1.807, 2.05) is 20.9 Å². The maximum absolute atomic E-state index is 12.3. The van der Waals surface area contributed by atoms with E-state index >= 15 is 0 Å². The Hall–Kier alpha value is -2.18. The molecule has 0 aliphatic carbocycles. The van der Waals surface area contributed by atoms with Crippen LogP contribution in [0.1, 0.15) is 47.1 Å². The van der Waals surface area contributed by atoms with E-state index in [2.05, 4.69) is 25.2 Å². The zero-order chi connectivity index (χ0) is 14.3. The van der Waals surface area contributed by atoms with Crippen LogP contribution in [-0.4, -0.2) is 30.5 Å². The number of rotatable bonds is 3. The third-order valence-corrected chi connectivity index (χ3v) is 3.85. The summed E-state index contributed by atoms with van der Waals surface area (Å²) in [5, 5.41) is 15.4. The van der Waals surface area contributed by atoms with E-state index < -0.39 is 0 Å². The lowest BCUT2D eigenvalue weighted by Crippen LogP contribution is -2.29. The Labute approximate surface area is 117 Å². The molecule has 1 aliphatic rings. The Morgan fingerprint density at radius 1 is 1.45 bits per heavy atom. The van der Waals surface area contributed by atoms with Crippen LogP contribution in [-0.2, 0) is 20.0 Å². The summed E-state index contributed by atoms with van der Waals surface area (Å²) in [5.74, 6) is 1.71. The highest BCUT2D eigenvalue weighted by molar-refractivity contribution is 5.95. The number of nitrogens with one attached hydrogen (secondary N) is 1. The van der Waals surface area contributed by atoms with Crippen molar-refractivity contribution in [2.45, 2.75) is 39.3 Å². The van der Waals surface area contributed by atoms with Crippen LogP contribution in [0.2, 0.25) is 0 Å². The molecule has 0 unspecified atom stereocenters. The Bertz CT molecular complexity index is 656. The van der Waals surface area contributed by atoms with Gasteiger partial charge in [-0.2, -0.15) is 5.10 Å². The largest absolute Gasteiger partial charge is 0.342 e. The Kier molecular flexibility index (Phi) is 3.04. The van der Waals surface area contributed by atoms with Gasteiger partial charge in [-0.25, -0.2) is 0 Å². The van der Waals surface area contributed by atoms with Crippen LogP contribution in [0.15, 0.2) is 6.20 Å². The van der Waals surface area contributed by atoms with Crippen LogP contribution in [0.3, 0.4) is 0 Å². The molecule has 0 bridgehead atoms. The van der Waals surface area contributed by atoms with Crippen LogP contribution >= 0.6 is 0 Å². The van der Waals surface area contributed by atoms with Gasteiger partial charge in [-0.3, -0.25) is 9.48 Å². The lowest BCUT2D eigenvalue weighted by Gasteiger charge is -2.13. The maximum Gasteiger partial charge on any atom is 0.255 e. The van der Waals surface area contributed by atoms with Gasteiger partial charge in [0.2, 0.25) is 0 Å². The molecule has 106 valence electrons. The zero-order valence-corrected chi connectivity index (χ0v) is 11.9. The average Bonchev–Trinajstić information content (AvgIpc) is 3.06. The van der Waals surface area contributed by atoms with Crippen molar-refractivity contribution in [2.24, 2.45) is 7.05 Å². The molecule has 3 heterocycles. The summed E-state index contributed by atoms with van der Waals surface area (Å²) < 4.78 is 3.79. The molecule has 1 atom stereocenters. The first kappa shape index (κ1) is 12.8. The molecule has 1 aliphatic heterocycles. The SMILES string of the molecule is Cc1c(C(=O)N[C@H](C)c2nnc3n2CCC3)cnn1C. The molecule has 0 radical (unpaired) electrons. The molecule has 2 aromatic rings. The van der Waals surface area contributed by atoms with Crippen molar-refractivity contribution in [3.8, 4) is 0 Å². The highest BCUT2D eigenvalue weighted by Gasteiger charge is 2.23. The quantitative estimate of drug-likeness (QED) is 0.896. The molecular weight excluding hydrogens is 256 g/mol. The van der Waals surface area contributed by atoms with Crippen molar-refractivity contribution < 1.29 is 4.79 Å². The minimum Gasteiger partial charge on any atom is -0.342 e. The van der Waals surface area contributed by atoms with E-state index in [1.165, 1.54) is 0 Å². The topological polar surface area (TPSA) is 77.6 Å². The van der Waals surface area contributed by atoms with E-state index in [4.69, 9.17) is 0 Å². The molecule has 3 rings (SSSR count). The molecule has 0 spiro atoms. The van der Waals surface area contributed by atoms with E-state index in [1.54, 1.807) is 10.9 Å². The summed E-state index contributed by atoms with van der Waals surface area (Å²) in [4.78, 5) is 12.3. The molecule has 0 aromatic carbocycles. The number of carbonyl (C=O) groups is 1. The lowest BCUT2D eigenvalue weighted by molar-refractivity contribution is 0.0937. The van der Waals surface area contributed by atoms with E-state index in [-0.39, 0.29) is 11.9 Å². The van der Waals surface area contributed by atoms with Gasteiger partial charge in [0, 0.05) is 25.7 Å². The highest BCUT2D eigenvalue weighted by Crippen LogP contribution is 2.19. The second-order valence-corrected chi connectivity index (χ2v) is 5.19. The lowest BCUT2D eigenvalue weighted by atomic mass is 10.2. The maximum atomic E-state index is 12.3. The number of nitrogens with zero attached hydrogens (tertiary/aromatic N) is 5. The van der Waals surface area contributed by atoms with Gasteiger partial charge in [0.15, 0.2) is 5.82 Å². The number of aromatic nitrogens is 5. The Morgan fingerprint density at radius 2 is 2.25 bits per heavy atom. The standard InChI is InChI=1S/C13H18N6O/c1-8(12-17-16-11-5-4-6-19(11)12)15-13(20)10-7-14-18(3)9(10)2/h7-8H,4-6H2,1-3H3,(H,15,20)/t8-/m1/s1. The zero-order valence-electron chi connectivity index (χ0n) is 11.9. The van der Waals surface area contributed by atoms with Crippen LogP contribution in [0.5, 0.6) is 0 Å². The third kappa shape index (κ3) is 1.99. The number of amides is 1. The van der Waals surface area contributed by atoms with Gasteiger partial charge in [-0.1, -0.05) is 0 Å². The first-order valence-electron chi connectivity index (χ1n) is 6.79. The molecule has 0 fully saturated rings. The molecule has 7 nitrogen and oxygen atoms in total. The van der Waals surface area contributed by atoms with Crippen molar-refractivity contribution in [3.05, 3.63) is 29.1 Å². The van der Waals surface area contributed by atoms with Gasteiger partial charge in [0.05, 0.1) is 17.8 Å². The van der Waals surface area contributed by atoms with Crippen LogP contribution in [0.4, 0.5) is 0 Å². The number of hydrogen-bond acceptors (Lipinski definition) is 4. The second kappa shape index (κ2) is 4.73. The van der Waals surface area contributed by atoms with Gasteiger partial charge < -0.3 is 9.88 Å². The fourth-order valence-electron chi connectivity index (χ4n) is 2.55. The Balaban J connectivity index is 1.77. The number of carbonyl (C=O) groups excluding carboxylic acids is 1. The normalized spacial score (nSPS) is 15.2. The molecule has 7 heteroatoms. The number of hydrogen-bond donors (Lipinski definition) is 1. The summed E-state index contributed by atoms with van der Waals surface area (Å²) in [6.45, 7) is 4.74. The van der Waals surface area contributed by atoms with Crippen LogP contribution in [0.25, 0.3) is 0 Å². The van der Waals surface area contributed by atoms with Crippen LogP contribution < -0.4 is 5.32 Å². The molecule has 0 saturated carbocycles. The number of aryl methyl sites for hydroxylation is 2. The number of fused-ring (bicyclic) bond motifs is 1. The summed E-state index contributed by atoms with van der Waals surface area (Å²) in [5.41, 5.74) is 1.45. The van der Waals surface area contributed by atoms with Gasteiger partial charge >= 0.3 is 0 Å². The Morgan fingerprint density at radius 3 is 2.95 bits per heavy atom. The molecule has 1 N–H and O–H groups in total. The predicted octanol–water partition coefficient (Wildman–Crippen LogP) is 0.757. The molecular formula is C13H18N6O. The van der Waals surface area contributed by atoms with Gasteiger partial charge in [0.1, 0.15) is 5.82 Å². The van der Waals surface area contributed by atoms with Crippen molar-refractivity contribution in [3.63, 3.8) is 0 Å². The summed E-state index contributed by atoms with van der Waals surface area (Å²) in [6.07, 6.45) is 3.65. The molecule has 2 aromatic heterocycles. The first-order chi connectivity index (χ1) is 9.58. The highest BCUT2D eigenvalue weighted by atomic mass is 16.1. The summed E-state index contributed by atoms with van der Waals surface area (Å²) in [7, 11) is 1.82. The monoisotopic (exact) mass is 274 g/mol. The fourth-order valence-corrected chi connectivity index (χ4v) is 2.55. The second-order valence-electron chi connectivity index (χ2n) is 5.19. The van der Waals surface area contributed by atoms with Gasteiger partial charge in [-0.15, -0.1) is 10.2 Å². The van der Waals surface area contributed by atoms with Gasteiger partial charge in [-0.05, 0) is 20.3 Å². The smallest absolute Gasteiger partial charge is 0.255 e. The molecule has 20 heavy (non-hydrogen) atoms. The van der Waals surface area contributed by atoms with Crippen molar-refractivity contribution in [1.29, 1.82) is 0 Å². The third-order valence-electron chi connectivity index (χ3n) is 3.85. The van der Waals surface area contributed by atoms with Crippen molar-refractivity contribution >= 4 is 5.91 Å². The summed E-state index contributed by atoms with van der Waals surface area (Å²) >= 11 is 0. The molecule has 0 saturated heterocycles. The molecule has 1 amide bonds. The van der Waals surface area contributed by atoms with E-state index in [0.29, 0.717) is 5.56 Å². The van der Waals surface area contributed by atoms with E-state index in [9.17, 15) is 4.79 Å². The van der Waals surface area contributed by atoms with Gasteiger partial charge in [0.25, 0.3) is 5.91 Å². The predicted molar refractivity (Wildman–Crippen MR) is 72.2 cm³/mol. The summed E-state index contributed by atoms with van der Waals surface area (Å²) in [6, 6.07) is -0.165. The minimum atomic E-state index is -0.165. The van der Waals surface area contributed by atoms with Crippen molar-refractivity contribution in [1.82, 2.24) is 29.9 Å². The van der Waals surface area contributed by atoms with E-state index in [0.717, 1.165) is 36.7 Å². The first-order valence-corrected chi connectivity index (χ1v) is 6.79. The average molecular weight is 274 g/mol. The van der Waals surface area contributed by atoms with Crippen molar-refractivity contribution in [2.75, 3.05) is 0 Å². The fraction of sp³-hybridized carbons (Fsp3) is 0.538. The van der Waals surface area contributed by atoms with Crippen LogP contribution in [0, 0.1) is 6.92 Å². The minimum absolute atomic E-state index is 0.126.